The molecule has 2 N–H and O–H groups in total. The van der Waals surface area contributed by atoms with E-state index in [9.17, 15) is 9.59 Å². The van der Waals surface area contributed by atoms with Crippen LogP contribution >= 0.6 is 0 Å². The van der Waals surface area contributed by atoms with Crippen molar-refractivity contribution < 1.29 is 19.8 Å². The number of carboxylic acids is 1. The Morgan fingerprint density at radius 2 is 2.00 bits per heavy atom. The Hall–Kier alpha value is -1.52. The first-order valence-corrected chi connectivity index (χ1v) is 2.42. The van der Waals surface area contributed by atoms with Crippen LogP contribution in [-0.2, 0) is 4.79 Å². The Morgan fingerprint density at radius 3 is 2.10 bits per heavy atom. The number of carbonyl (C=O) groups is 2. The first kappa shape index (κ1) is 8.48. The number of rotatable bonds is 3. The van der Waals surface area contributed by atoms with Gasteiger partial charge < -0.3 is 10.2 Å². The monoisotopic (exact) mass is 145 g/mol. The van der Waals surface area contributed by atoms with Crippen molar-refractivity contribution in [3.8, 4) is 0 Å². The van der Waals surface area contributed by atoms with Crippen molar-refractivity contribution >= 4 is 12.1 Å². The van der Waals surface area contributed by atoms with E-state index in [4.69, 9.17) is 10.2 Å². The second kappa shape index (κ2) is 3.49. The highest BCUT2D eigenvalue weighted by atomic mass is 16.4. The van der Waals surface area contributed by atoms with E-state index in [-0.39, 0.29) is 0 Å². The van der Waals surface area contributed by atoms with Gasteiger partial charge in [0.1, 0.15) is 6.54 Å². The molecule has 0 radical (unpaired) electrons. The molecule has 0 atom stereocenters. The molecule has 0 heterocycles. The first-order valence-electron chi connectivity index (χ1n) is 2.42. The summed E-state index contributed by atoms with van der Waals surface area (Å²) in [5.41, 5.74) is 0. The van der Waals surface area contributed by atoms with E-state index in [0.29, 0.717) is 4.90 Å². The van der Waals surface area contributed by atoms with Crippen LogP contribution in [0.15, 0.2) is 12.8 Å². The third-order valence-corrected chi connectivity index (χ3v) is 0.772. The summed E-state index contributed by atoms with van der Waals surface area (Å²) in [5, 5.41) is 16.3. The summed E-state index contributed by atoms with van der Waals surface area (Å²) >= 11 is 0. The molecule has 0 bridgehead atoms. The molecular weight excluding hydrogens is 138 g/mol. The fourth-order valence-electron chi connectivity index (χ4n) is 0.356. The molecule has 0 fully saturated rings. The molecule has 0 aromatic rings. The fourth-order valence-corrected chi connectivity index (χ4v) is 0.356. The highest BCUT2D eigenvalue weighted by Crippen LogP contribution is 1.87. The number of amides is 1. The van der Waals surface area contributed by atoms with Crippen molar-refractivity contribution in [3.05, 3.63) is 12.8 Å². The molecule has 0 aliphatic rings. The fraction of sp³-hybridized carbons (Fsp3) is 0.200. The van der Waals surface area contributed by atoms with Gasteiger partial charge >= 0.3 is 12.1 Å². The van der Waals surface area contributed by atoms with Crippen LogP contribution in [0.3, 0.4) is 0 Å². The minimum Gasteiger partial charge on any atom is -0.480 e. The Bertz CT molecular complexity index is 165. The van der Waals surface area contributed by atoms with Gasteiger partial charge in [0.05, 0.1) is 0 Å². The predicted molar refractivity (Wildman–Crippen MR) is 32.6 cm³/mol. The third kappa shape index (κ3) is 2.71. The Balaban J connectivity index is 3.96. The molecular formula is C5H7NO4. The topological polar surface area (TPSA) is 77.8 Å². The maximum atomic E-state index is 10.1. The highest BCUT2D eigenvalue weighted by molar-refractivity contribution is 5.76. The minimum absolute atomic E-state index is 0.571. The van der Waals surface area contributed by atoms with E-state index < -0.39 is 18.6 Å². The molecule has 0 saturated carbocycles. The average molecular weight is 145 g/mol. The van der Waals surface area contributed by atoms with E-state index in [1.807, 2.05) is 0 Å². The van der Waals surface area contributed by atoms with Gasteiger partial charge in [0, 0.05) is 6.20 Å². The lowest BCUT2D eigenvalue weighted by Crippen LogP contribution is -2.29. The molecule has 0 saturated heterocycles. The van der Waals surface area contributed by atoms with Gasteiger partial charge in [-0.2, -0.15) is 0 Å². The molecule has 5 nitrogen and oxygen atoms in total. The van der Waals surface area contributed by atoms with Crippen LogP contribution in [0.4, 0.5) is 4.79 Å². The second-order valence-corrected chi connectivity index (χ2v) is 1.49. The zero-order chi connectivity index (χ0) is 8.15. The van der Waals surface area contributed by atoms with Crippen molar-refractivity contribution in [2.75, 3.05) is 6.54 Å². The van der Waals surface area contributed by atoms with E-state index >= 15 is 0 Å². The van der Waals surface area contributed by atoms with E-state index in [0.717, 1.165) is 6.20 Å². The van der Waals surface area contributed by atoms with E-state index in [2.05, 4.69) is 6.58 Å². The van der Waals surface area contributed by atoms with Gasteiger partial charge in [-0.15, -0.1) is 0 Å². The summed E-state index contributed by atoms with van der Waals surface area (Å²) < 4.78 is 0. The Labute approximate surface area is 57.2 Å². The number of hydrogen-bond acceptors (Lipinski definition) is 2. The summed E-state index contributed by atoms with van der Waals surface area (Å²) in [6, 6.07) is 0. The smallest absolute Gasteiger partial charge is 0.411 e. The van der Waals surface area contributed by atoms with Crippen LogP contribution in [-0.4, -0.2) is 33.7 Å². The summed E-state index contributed by atoms with van der Waals surface area (Å²) in [4.78, 5) is 20.5. The van der Waals surface area contributed by atoms with Gasteiger partial charge in [-0.3, -0.25) is 9.69 Å². The summed E-state index contributed by atoms with van der Waals surface area (Å²) in [5.74, 6) is -1.21. The van der Waals surface area contributed by atoms with E-state index in [1.54, 1.807) is 0 Å². The lowest BCUT2D eigenvalue weighted by Gasteiger charge is -2.08. The first-order chi connectivity index (χ1) is 4.57. The van der Waals surface area contributed by atoms with Crippen molar-refractivity contribution in [1.29, 1.82) is 0 Å². The normalized spacial score (nSPS) is 8.40. The van der Waals surface area contributed by atoms with Crippen LogP contribution in [0, 0.1) is 0 Å². The van der Waals surface area contributed by atoms with Crippen LogP contribution in [0.1, 0.15) is 0 Å². The van der Waals surface area contributed by atoms with Gasteiger partial charge in [-0.1, -0.05) is 6.58 Å². The van der Waals surface area contributed by atoms with Crippen molar-refractivity contribution in [3.63, 3.8) is 0 Å². The van der Waals surface area contributed by atoms with Crippen molar-refractivity contribution in [1.82, 2.24) is 4.90 Å². The average Bonchev–Trinajstić information content (AvgIpc) is 1.81. The summed E-state index contributed by atoms with van der Waals surface area (Å²) in [6.45, 7) is 2.55. The largest absolute Gasteiger partial charge is 0.480 e. The van der Waals surface area contributed by atoms with Crippen molar-refractivity contribution in [2.45, 2.75) is 0 Å². The lowest BCUT2D eigenvalue weighted by molar-refractivity contribution is -0.137. The molecule has 0 unspecified atom stereocenters. The van der Waals surface area contributed by atoms with Gasteiger partial charge in [-0.25, -0.2) is 4.79 Å². The Kier molecular flexibility index (Phi) is 2.96. The standard InChI is InChI=1S/C5H7NO4/c1-2-6(5(9)10)3-4(7)8/h2H,1,3H2,(H,7,8)(H,9,10). The van der Waals surface area contributed by atoms with Crippen LogP contribution < -0.4 is 0 Å². The molecule has 0 aromatic carbocycles. The van der Waals surface area contributed by atoms with Crippen LogP contribution in [0.5, 0.6) is 0 Å². The molecule has 1 amide bonds. The van der Waals surface area contributed by atoms with Crippen LogP contribution in [0.25, 0.3) is 0 Å². The molecule has 0 aliphatic heterocycles. The molecule has 56 valence electrons. The van der Waals surface area contributed by atoms with Crippen LogP contribution in [0.2, 0.25) is 0 Å². The zero-order valence-corrected chi connectivity index (χ0v) is 5.15. The Morgan fingerprint density at radius 1 is 1.50 bits per heavy atom. The maximum absolute atomic E-state index is 10.1. The summed E-state index contributed by atoms with van der Waals surface area (Å²) in [6.07, 6.45) is -0.381. The van der Waals surface area contributed by atoms with Gasteiger partial charge in [0.15, 0.2) is 0 Å². The summed E-state index contributed by atoms with van der Waals surface area (Å²) in [7, 11) is 0. The van der Waals surface area contributed by atoms with Gasteiger partial charge in [-0.05, 0) is 0 Å². The highest BCUT2D eigenvalue weighted by Gasteiger charge is 2.10. The molecule has 0 aromatic heterocycles. The van der Waals surface area contributed by atoms with Crippen molar-refractivity contribution in [2.24, 2.45) is 0 Å². The number of carboxylic acid groups (broad SMARTS) is 2. The quantitative estimate of drug-likeness (QED) is 0.594. The number of nitrogens with zero attached hydrogens (tertiary/aromatic N) is 1. The second-order valence-electron chi connectivity index (χ2n) is 1.49. The molecule has 10 heavy (non-hydrogen) atoms. The SMILES string of the molecule is C=CN(CC(=O)O)C(=O)O. The molecule has 5 heteroatoms. The zero-order valence-electron chi connectivity index (χ0n) is 5.15. The van der Waals surface area contributed by atoms with Gasteiger partial charge in [0.2, 0.25) is 0 Å². The molecule has 0 aliphatic carbocycles. The minimum atomic E-state index is -1.32. The molecule has 0 rings (SSSR count). The molecule has 0 spiro atoms. The number of aliphatic carboxylic acids is 1. The number of hydrogen-bond donors (Lipinski definition) is 2. The maximum Gasteiger partial charge on any atom is 0.411 e. The predicted octanol–water partition coefficient (Wildman–Crippen LogP) is 0.194. The van der Waals surface area contributed by atoms with Gasteiger partial charge in [0.25, 0.3) is 0 Å². The lowest BCUT2D eigenvalue weighted by atomic mass is 10.6. The third-order valence-electron chi connectivity index (χ3n) is 0.772. The van der Waals surface area contributed by atoms with E-state index in [1.165, 1.54) is 0 Å².